The van der Waals surface area contributed by atoms with Crippen molar-refractivity contribution in [2.24, 2.45) is 0 Å². The molecule has 0 fully saturated rings. The largest absolute Gasteiger partial charge is 0.433 e. The van der Waals surface area contributed by atoms with Crippen LogP contribution in [0.4, 0.5) is 13.2 Å². The number of carbonyl (C=O) groups is 1. The molecule has 1 atom stereocenters. The maximum absolute atomic E-state index is 12.9. The number of aryl methyl sites for hydroxylation is 1. The van der Waals surface area contributed by atoms with Gasteiger partial charge >= 0.3 is 6.18 Å². The summed E-state index contributed by atoms with van der Waals surface area (Å²) >= 11 is 0.900. The fraction of sp³-hybridized carbons (Fsp3) is 0.300. The molecular weight excluding hydrogens is 451 g/mol. The van der Waals surface area contributed by atoms with E-state index in [2.05, 4.69) is 10.3 Å². The Morgan fingerprint density at radius 1 is 1.13 bits per heavy atom. The van der Waals surface area contributed by atoms with Crippen LogP contribution in [0.25, 0.3) is 10.2 Å². The van der Waals surface area contributed by atoms with Crippen molar-refractivity contribution in [1.82, 2.24) is 14.6 Å². The number of halogens is 3. The van der Waals surface area contributed by atoms with E-state index in [9.17, 15) is 26.4 Å². The highest BCUT2D eigenvalue weighted by molar-refractivity contribution is 7.89. The van der Waals surface area contributed by atoms with Crippen LogP contribution in [0.3, 0.4) is 0 Å². The van der Waals surface area contributed by atoms with Gasteiger partial charge in [-0.25, -0.2) is 17.7 Å². The third-order valence-electron chi connectivity index (χ3n) is 4.81. The van der Waals surface area contributed by atoms with Gasteiger partial charge in [-0.3, -0.25) is 4.79 Å². The number of benzene rings is 1. The van der Waals surface area contributed by atoms with Gasteiger partial charge in [-0.05, 0) is 49.2 Å². The molecule has 1 unspecified atom stereocenters. The fourth-order valence-corrected chi connectivity index (χ4v) is 4.94. The maximum Gasteiger partial charge on any atom is 0.433 e. The molecule has 0 spiro atoms. The van der Waals surface area contributed by atoms with Crippen LogP contribution in [-0.4, -0.2) is 37.7 Å². The minimum absolute atomic E-state index is 0.131. The summed E-state index contributed by atoms with van der Waals surface area (Å²) in [6, 6.07) is 7.90. The van der Waals surface area contributed by atoms with E-state index in [4.69, 9.17) is 0 Å². The molecule has 0 aliphatic carbocycles. The van der Waals surface area contributed by atoms with Crippen molar-refractivity contribution in [1.29, 1.82) is 0 Å². The first-order valence-electron chi connectivity index (χ1n) is 9.13. The smallest absolute Gasteiger partial charge is 0.345 e. The minimum Gasteiger partial charge on any atom is -0.345 e. The van der Waals surface area contributed by atoms with E-state index >= 15 is 0 Å². The van der Waals surface area contributed by atoms with Gasteiger partial charge < -0.3 is 5.32 Å². The summed E-state index contributed by atoms with van der Waals surface area (Å²) in [5.74, 6) is -0.438. The standard InChI is InChI=1S/C20H20F3N3O3S2/c1-11-15-9-10-16(20(21,22)23)25-19(15)30-17(11)18(27)24-12(2)13-5-7-14(8-6-13)31(28,29)26(3)4/h5-10,12H,1-4H3,(H,24,27). The number of pyridine rings is 1. The molecule has 1 amide bonds. The maximum atomic E-state index is 12.9. The number of carbonyl (C=O) groups excluding carboxylic acids is 1. The average molecular weight is 472 g/mol. The molecule has 6 nitrogen and oxygen atoms in total. The van der Waals surface area contributed by atoms with Gasteiger partial charge in [-0.1, -0.05) is 12.1 Å². The molecule has 0 radical (unpaired) electrons. The van der Waals surface area contributed by atoms with Gasteiger partial charge in [-0.2, -0.15) is 13.2 Å². The second-order valence-electron chi connectivity index (χ2n) is 7.15. The zero-order valence-corrected chi connectivity index (χ0v) is 18.7. The Labute approximate surface area is 181 Å². The van der Waals surface area contributed by atoms with Gasteiger partial charge in [0.15, 0.2) is 0 Å². The number of nitrogens with one attached hydrogen (secondary N) is 1. The highest BCUT2D eigenvalue weighted by Gasteiger charge is 2.33. The van der Waals surface area contributed by atoms with Crippen molar-refractivity contribution < 1.29 is 26.4 Å². The lowest BCUT2D eigenvalue weighted by Crippen LogP contribution is -2.26. The lowest BCUT2D eigenvalue weighted by atomic mass is 10.1. The normalized spacial score (nSPS) is 13.5. The predicted octanol–water partition coefficient (Wildman–Crippen LogP) is 4.36. The topological polar surface area (TPSA) is 79.4 Å². The number of hydrogen-bond acceptors (Lipinski definition) is 5. The van der Waals surface area contributed by atoms with Crippen LogP contribution >= 0.6 is 11.3 Å². The van der Waals surface area contributed by atoms with E-state index in [1.54, 1.807) is 26.0 Å². The molecule has 0 saturated heterocycles. The van der Waals surface area contributed by atoms with Crippen LogP contribution < -0.4 is 5.32 Å². The van der Waals surface area contributed by atoms with Crippen molar-refractivity contribution in [3.63, 3.8) is 0 Å². The molecule has 1 aromatic carbocycles. The number of thiophene rings is 1. The number of amides is 1. The molecule has 0 aliphatic rings. The summed E-state index contributed by atoms with van der Waals surface area (Å²) in [6.45, 7) is 3.39. The highest BCUT2D eigenvalue weighted by atomic mass is 32.2. The quantitative estimate of drug-likeness (QED) is 0.600. The lowest BCUT2D eigenvalue weighted by molar-refractivity contribution is -0.140. The van der Waals surface area contributed by atoms with Crippen molar-refractivity contribution in [2.75, 3.05) is 14.1 Å². The first-order valence-corrected chi connectivity index (χ1v) is 11.4. The van der Waals surface area contributed by atoms with Crippen LogP contribution in [0, 0.1) is 6.92 Å². The zero-order chi connectivity index (χ0) is 23.1. The van der Waals surface area contributed by atoms with Gasteiger partial charge in [0.05, 0.1) is 15.8 Å². The summed E-state index contributed by atoms with van der Waals surface area (Å²) < 4.78 is 64.2. The molecular formula is C20H20F3N3O3S2. The first kappa shape index (κ1) is 23.2. The molecule has 11 heteroatoms. The van der Waals surface area contributed by atoms with Crippen molar-refractivity contribution >= 4 is 37.5 Å². The number of nitrogens with zero attached hydrogens (tertiary/aromatic N) is 2. The summed E-state index contributed by atoms with van der Waals surface area (Å²) in [7, 11) is -0.686. The first-order chi connectivity index (χ1) is 14.3. The van der Waals surface area contributed by atoms with Gasteiger partial charge in [0, 0.05) is 19.5 Å². The Kier molecular flexibility index (Phi) is 6.14. The van der Waals surface area contributed by atoms with Gasteiger partial charge in [0.2, 0.25) is 10.0 Å². The van der Waals surface area contributed by atoms with Crippen LogP contribution in [-0.2, 0) is 16.2 Å². The third kappa shape index (κ3) is 4.58. The second-order valence-corrected chi connectivity index (χ2v) is 10.3. The summed E-state index contributed by atoms with van der Waals surface area (Å²) in [6.07, 6.45) is -4.56. The number of sulfonamides is 1. The summed E-state index contributed by atoms with van der Waals surface area (Å²) in [4.78, 5) is 17.0. The molecule has 2 heterocycles. The molecule has 31 heavy (non-hydrogen) atoms. The van der Waals surface area contributed by atoms with E-state index < -0.39 is 33.8 Å². The van der Waals surface area contributed by atoms with E-state index in [1.807, 2.05) is 0 Å². The Morgan fingerprint density at radius 2 is 1.74 bits per heavy atom. The molecule has 2 aromatic heterocycles. The number of rotatable bonds is 5. The van der Waals surface area contributed by atoms with Crippen molar-refractivity contribution in [3.8, 4) is 0 Å². The van der Waals surface area contributed by atoms with E-state index in [1.165, 1.54) is 32.3 Å². The second kappa shape index (κ2) is 8.21. The van der Waals surface area contributed by atoms with E-state index in [0.717, 1.165) is 21.7 Å². The molecule has 3 aromatic rings. The monoisotopic (exact) mass is 471 g/mol. The Morgan fingerprint density at radius 3 is 2.29 bits per heavy atom. The summed E-state index contributed by atoms with van der Waals surface area (Å²) in [5.41, 5.74) is 0.231. The lowest BCUT2D eigenvalue weighted by Gasteiger charge is -2.16. The van der Waals surface area contributed by atoms with Crippen LogP contribution in [0.2, 0.25) is 0 Å². The SMILES string of the molecule is Cc1c(C(=O)NC(C)c2ccc(S(=O)(=O)N(C)C)cc2)sc2nc(C(F)(F)F)ccc12. The number of fused-ring (bicyclic) bond motifs is 1. The number of hydrogen-bond donors (Lipinski definition) is 1. The molecule has 166 valence electrons. The molecule has 0 bridgehead atoms. The van der Waals surface area contributed by atoms with Crippen LogP contribution in [0.15, 0.2) is 41.3 Å². The molecule has 3 rings (SSSR count). The molecule has 1 N–H and O–H groups in total. The summed E-state index contributed by atoms with van der Waals surface area (Å²) in [5, 5.41) is 3.30. The van der Waals surface area contributed by atoms with Crippen LogP contribution in [0.5, 0.6) is 0 Å². The minimum atomic E-state index is -4.56. The van der Waals surface area contributed by atoms with Crippen LogP contribution in [0.1, 0.15) is 39.5 Å². The van der Waals surface area contributed by atoms with Crippen molar-refractivity contribution in [2.45, 2.75) is 31.0 Å². The zero-order valence-electron chi connectivity index (χ0n) is 17.1. The number of alkyl halides is 3. The van der Waals surface area contributed by atoms with Gasteiger partial charge in [0.25, 0.3) is 5.91 Å². The van der Waals surface area contributed by atoms with Crippen molar-refractivity contribution in [3.05, 3.63) is 58.1 Å². The number of aromatic nitrogens is 1. The average Bonchev–Trinajstić information content (AvgIpc) is 3.03. The van der Waals surface area contributed by atoms with Gasteiger partial charge in [0.1, 0.15) is 10.5 Å². The Hall–Kier alpha value is -2.50. The third-order valence-corrected chi connectivity index (χ3v) is 7.84. The van der Waals surface area contributed by atoms with E-state index in [0.29, 0.717) is 16.5 Å². The van der Waals surface area contributed by atoms with Gasteiger partial charge in [-0.15, -0.1) is 11.3 Å². The Balaban J connectivity index is 1.82. The highest BCUT2D eigenvalue weighted by Crippen LogP contribution is 2.34. The molecule has 0 saturated carbocycles. The van der Waals surface area contributed by atoms with E-state index in [-0.39, 0.29) is 14.6 Å². The Bertz CT molecular complexity index is 1230. The molecule has 0 aliphatic heterocycles. The fourth-order valence-electron chi connectivity index (χ4n) is 2.96. The predicted molar refractivity (Wildman–Crippen MR) is 113 cm³/mol.